The van der Waals surface area contributed by atoms with Crippen molar-refractivity contribution in [3.05, 3.63) is 41.2 Å². The number of carbonyl (C=O) groups excluding carboxylic acids is 1. The maximum absolute atomic E-state index is 13.0. The number of amides is 1. The van der Waals surface area contributed by atoms with Gasteiger partial charge in [-0.2, -0.15) is 0 Å². The number of hydrogen-bond acceptors (Lipinski definition) is 6. The van der Waals surface area contributed by atoms with Crippen LogP contribution in [0.4, 0.5) is 4.39 Å². The number of benzene rings is 1. The third kappa shape index (κ3) is 7.74. The van der Waals surface area contributed by atoms with Gasteiger partial charge in [-0.1, -0.05) is 0 Å². The van der Waals surface area contributed by atoms with Crippen molar-refractivity contribution in [1.82, 2.24) is 10.3 Å². The van der Waals surface area contributed by atoms with Crippen molar-refractivity contribution < 1.29 is 22.3 Å². The van der Waals surface area contributed by atoms with E-state index < -0.39 is 21.5 Å². The van der Waals surface area contributed by atoms with Crippen LogP contribution in [0.15, 0.2) is 29.6 Å². The molecule has 0 bridgehead atoms. The summed E-state index contributed by atoms with van der Waals surface area (Å²) in [5, 5.41) is 4.83. The minimum Gasteiger partial charge on any atom is -0.379 e. The SMILES string of the molecule is CC(C)OCCCNC(=O)CS(=O)(=O)Cc1csc(-c2ccc(F)cc2)n1. The maximum Gasteiger partial charge on any atom is 0.235 e. The highest BCUT2D eigenvalue weighted by Gasteiger charge is 2.19. The molecule has 0 saturated heterocycles. The molecule has 1 N–H and O–H groups in total. The molecule has 0 aliphatic heterocycles. The highest BCUT2D eigenvalue weighted by Crippen LogP contribution is 2.24. The van der Waals surface area contributed by atoms with Crippen molar-refractivity contribution in [2.24, 2.45) is 0 Å². The molecule has 1 heterocycles. The lowest BCUT2D eigenvalue weighted by atomic mass is 10.2. The van der Waals surface area contributed by atoms with E-state index in [4.69, 9.17) is 4.74 Å². The Morgan fingerprint density at radius 2 is 2.00 bits per heavy atom. The monoisotopic (exact) mass is 414 g/mol. The van der Waals surface area contributed by atoms with Crippen molar-refractivity contribution in [2.45, 2.75) is 32.1 Å². The van der Waals surface area contributed by atoms with Crippen LogP contribution in [0.3, 0.4) is 0 Å². The lowest BCUT2D eigenvalue weighted by Crippen LogP contribution is -2.32. The molecular weight excluding hydrogens is 391 g/mol. The maximum atomic E-state index is 13.0. The van der Waals surface area contributed by atoms with Crippen LogP contribution in [0.1, 0.15) is 26.0 Å². The van der Waals surface area contributed by atoms with Gasteiger partial charge in [-0.25, -0.2) is 17.8 Å². The molecule has 0 spiro atoms. The zero-order chi connectivity index (χ0) is 19.9. The Bertz CT molecular complexity index is 849. The molecule has 0 unspecified atom stereocenters. The lowest BCUT2D eigenvalue weighted by molar-refractivity contribution is -0.118. The fourth-order valence-corrected chi connectivity index (χ4v) is 4.38. The van der Waals surface area contributed by atoms with E-state index in [1.165, 1.54) is 23.5 Å². The molecule has 1 amide bonds. The van der Waals surface area contributed by atoms with Crippen molar-refractivity contribution >= 4 is 27.1 Å². The van der Waals surface area contributed by atoms with Crippen molar-refractivity contribution in [3.63, 3.8) is 0 Å². The number of nitrogens with one attached hydrogen (secondary N) is 1. The van der Waals surface area contributed by atoms with E-state index >= 15 is 0 Å². The number of hydrogen-bond donors (Lipinski definition) is 1. The van der Waals surface area contributed by atoms with E-state index in [1.54, 1.807) is 17.5 Å². The molecular formula is C18H23FN2O4S2. The normalized spacial score (nSPS) is 11.7. The molecule has 6 nitrogen and oxygen atoms in total. The second-order valence-corrected chi connectivity index (χ2v) is 9.23. The Morgan fingerprint density at radius 3 is 2.67 bits per heavy atom. The zero-order valence-corrected chi connectivity index (χ0v) is 16.9. The smallest absolute Gasteiger partial charge is 0.235 e. The zero-order valence-electron chi connectivity index (χ0n) is 15.3. The van der Waals surface area contributed by atoms with E-state index in [9.17, 15) is 17.6 Å². The summed E-state index contributed by atoms with van der Waals surface area (Å²) in [7, 11) is -3.62. The Morgan fingerprint density at radius 1 is 1.30 bits per heavy atom. The molecule has 0 radical (unpaired) electrons. The first-order valence-electron chi connectivity index (χ1n) is 8.54. The number of carbonyl (C=O) groups is 1. The average molecular weight is 415 g/mol. The molecule has 0 fully saturated rings. The van der Waals surface area contributed by atoms with Crippen LogP contribution in [0.5, 0.6) is 0 Å². The fourth-order valence-electron chi connectivity index (χ4n) is 2.24. The van der Waals surface area contributed by atoms with Gasteiger partial charge in [0.05, 0.1) is 17.6 Å². The Labute approximate surface area is 162 Å². The van der Waals surface area contributed by atoms with E-state index in [0.717, 1.165) is 0 Å². The van der Waals surface area contributed by atoms with E-state index in [0.29, 0.717) is 35.8 Å². The van der Waals surface area contributed by atoms with Crippen LogP contribution in [-0.2, 0) is 25.1 Å². The third-order valence-electron chi connectivity index (χ3n) is 3.46. The second kappa shape index (κ2) is 9.91. The first-order chi connectivity index (χ1) is 12.7. The number of ether oxygens (including phenoxy) is 1. The number of aromatic nitrogens is 1. The molecule has 0 aliphatic rings. The van der Waals surface area contributed by atoms with Gasteiger partial charge in [0.25, 0.3) is 0 Å². The molecule has 1 aromatic heterocycles. The van der Waals surface area contributed by atoms with Gasteiger partial charge in [-0.15, -0.1) is 11.3 Å². The Balaban J connectivity index is 1.83. The largest absolute Gasteiger partial charge is 0.379 e. The highest BCUT2D eigenvalue weighted by molar-refractivity contribution is 7.91. The van der Waals surface area contributed by atoms with Gasteiger partial charge in [-0.3, -0.25) is 4.79 Å². The van der Waals surface area contributed by atoms with Crippen LogP contribution in [-0.4, -0.2) is 44.3 Å². The van der Waals surface area contributed by atoms with Gasteiger partial charge in [0, 0.05) is 24.1 Å². The van der Waals surface area contributed by atoms with E-state index in [-0.39, 0.29) is 17.7 Å². The first kappa shape index (κ1) is 21.5. The summed E-state index contributed by atoms with van der Waals surface area (Å²) < 4.78 is 42.7. The second-order valence-electron chi connectivity index (χ2n) is 6.31. The molecule has 2 rings (SSSR count). The minimum atomic E-state index is -3.62. The summed E-state index contributed by atoms with van der Waals surface area (Å²) in [6.45, 7) is 4.72. The van der Waals surface area contributed by atoms with Gasteiger partial charge in [-0.05, 0) is 44.5 Å². The lowest BCUT2D eigenvalue weighted by Gasteiger charge is -2.08. The summed E-state index contributed by atoms with van der Waals surface area (Å²) in [5.74, 6) is -1.77. The predicted molar refractivity (Wildman–Crippen MR) is 104 cm³/mol. The van der Waals surface area contributed by atoms with Crippen LogP contribution in [0, 0.1) is 5.82 Å². The van der Waals surface area contributed by atoms with Gasteiger partial charge < -0.3 is 10.1 Å². The standard InChI is InChI=1S/C18H23FN2O4S2/c1-13(2)25-9-3-8-20-17(22)12-27(23,24)11-16-10-26-18(21-16)14-4-6-15(19)7-5-14/h4-7,10,13H,3,8-9,11-12H2,1-2H3,(H,20,22). The number of thiazole rings is 1. The minimum absolute atomic E-state index is 0.124. The van der Waals surface area contributed by atoms with Crippen molar-refractivity contribution in [1.29, 1.82) is 0 Å². The van der Waals surface area contributed by atoms with Crippen LogP contribution in [0.25, 0.3) is 10.6 Å². The number of nitrogens with zero attached hydrogens (tertiary/aromatic N) is 1. The Hall–Kier alpha value is -1.84. The van der Waals surface area contributed by atoms with Gasteiger partial charge in [0.2, 0.25) is 5.91 Å². The van der Waals surface area contributed by atoms with Crippen molar-refractivity contribution in [2.75, 3.05) is 18.9 Å². The first-order valence-corrected chi connectivity index (χ1v) is 11.2. The quantitative estimate of drug-likeness (QED) is 0.604. The number of rotatable bonds is 10. The molecule has 0 atom stereocenters. The summed E-state index contributed by atoms with van der Waals surface area (Å²) >= 11 is 1.28. The van der Waals surface area contributed by atoms with Crippen LogP contribution in [0.2, 0.25) is 0 Å². The van der Waals surface area contributed by atoms with E-state index in [2.05, 4.69) is 10.3 Å². The molecule has 9 heteroatoms. The van der Waals surface area contributed by atoms with E-state index in [1.807, 2.05) is 13.8 Å². The van der Waals surface area contributed by atoms with Gasteiger partial charge in [0.15, 0.2) is 9.84 Å². The highest BCUT2D eigenvalue weighted by atomic mass is 32.2. The number of sulfone groups is 1. The summed E-state index contributed by atoms with van der Waals surface area (Å²) in [6, 6.07) is 5.82. The van der Waals surface area contributed by atoms with Crippen molar-refractivity contribution in [3.8, 4) is 10.6 Å². The molecule has 1 aromatic carbocycles. The Kier molecular flexibility index (Phi) is 7.88. The predicted octanol–water partition coefficient (Wildman–Crippen LogP) is 2.80. The molecule has 0 saturated carbocycles. The van der Waals surface area contributed by atoms with Crippen LogP contribution >= 0.6 is 11.3 Å². The fraction of sp³-hybridized carbons (Fsp3) is 0.444. The topological polar surface area (TPSA) is 85.4 Å². The van der Waals surface area contributed by atoms with Crippen LogP contribution < -0.4 is 5.32 Å². The average Bonchev–Trinajstić information content (AvgIpc) is 3.02. The molecule has 27 heavy (non-hydrogen) atoms. The summed E-state index contributed by atoms with van der Waals surface area (Å²) in [4.78, 5) is 16.1. The number of halogens is 1. The third-order valence-corrected chi connectivity index (χ3v) is 5.83. The summed E-state index contributed by atoms with van der Waals surface area (Å²) in [6.07, 6.45) is 0.746. The van der Waals surface area contributed by atoms with Gasteiger partial charge >= 0.3 is 0 Å². The molecule has 0 aliphatic carbocycles. The molecule has 2 aromatic rings. The molecule has 148 valence electrons. The summed E-state index contributed by atoms with van der Waals surface area (Å²) in [5.41, 5.74) is 1.09. The van der Waals surface area contributed by atoms with Gasteiger partial charge in [0.1, 0.15) is 16.6 Å².